The summed E-state index contributed by atoms with van der Waals surface area (Å²) in [6, 6.07) is 7.59. The fourth-order valence-electron chi connectivity index (χ4n) is 3.50. The summed E-state index contributed by atoms with van der Waals surface area (Å²) in [4.78, 5) is 31.6. The van der Waals surface area contributed by atoms with Crippen LogP contribution in [0, 0.1) is 11.8 Å². The second-order valence-electron chi connectivity index (χ2n) is 6.42. The van der Waals surface area contributed by atoms with E-state index in [2.05, 4.69) is 9.89 Å². The summed E-state index contributed by atoms with van der Waals surface area (Å²) in [5, 5.41) is 0. The number of aliphatic imine (C=N–C) groups is 1. The van der Waals surface area contributed by atoms with Crippen molar-refractivity contribution in [2.75, 3.05) is 34.4 Å². The summed E-state index contributed by atoms with van der Waals surface area (Å²) in [6.07, 6.45) is 0. The average molecular weight is 388 g/mol. The Bertz CT molecular complexity index is 778. The molecule has 0 saturated heterocycles. The van der Waals surface area contributed by atoms with E-state index in [1.807, 2.05) is 45.0 Å². The van der Waals surface area contributed by atoms with Crippen molar-refractivity contribution in [3.05, 3.63) is 35.6 Å². The van der Waals surface area contributed by atoms with Gasteiger partial charge in [-0.25, -0.2) is 9.79 Å². The maximum atomic E-state index is 12.5. The minimum atomic E-state index is -0.839. The summed E-state index contributed by atoms with van der Waals surface area (Å²) in [7, 11) is 4.20. The lowest BCUT2D eigenvalue weighted by molar-refractivity contribution is -0.145. The smallest absolute Gasteiger partial charge is 0.353 e. The van der Waals surface area contributed by atoms with Crippen LogP contribution < -0.4 is 4.74 Å². The van der Waals surface area contributed by atoms with Gasteiger partial charge in [0.2, 0.25) is 0 Å². The largest absolute Gasteiger partial charge is 0.497 e. The maximum absolute atomic E-state index is 12.5. The number of carbonyl (C=O) groups is 2. The Morgan fingerprint density at radius 1 is 1.04 bits per heavy atom. The summed E-state index contributed by atoms with van der Waals surface area (Å²) < 4.78 is 15.1. The Morgan fingerprint density at radius 3 is 2.11 bits per heavy atom. The van der Waals surface area contributed by atoms with E-state index < -0.39 is 17.9 Å². The van der Waals surface area contributed by atoms with Crippen molar-refractivity contribution in [1.82, 2.24) is 4.90 Å². The number of hydrogen-bond acceptors (Lipinski definition) is 7. The Kier molecular flexibility index (Phi) is 7.20. The molecule has 7 nitrogen and oxygen atoms in total. The molecule has 2 unspecified atom stereocenters. The van der Waals surface area contributed by atoms with Crippen LogP contribution >= 0.6 is 0 Å². The summed E-state index contributed by atoms with van der Waals surface area (Å²) in [6.45, 7) is 7.36. The van der Waals surface area contributed by atoms with Gasteiger partial charge in [-0.1, -0.05) is 19.1 Å². The highest BCUT2D eigenvalue weighted by Crippen LogP contribution is 2.39. The molecule has 2 atom stereocenters. The third-order valence-corrected chi connectivity index (χ3v) is 5.03. The van der Waals surface area contributed by atoms with Gasteiger partial charge in [-0.05, 0) is 31.5 Å². The Morgan fingerprint density at radius 2 is 1.64 bits per heavy atom. The van der Waals surface area contributed by atoms with Gasteiger partial charge in [0.15, 0.2) is 0 Å². The third kappa shape index (κ3) is 4.03. The molecule has 1 aliphatic rings. The molecule has 0 spiro atoms. The lowest BCUT2D eigenvalue weighted by Gasteiger charge is -2.34. The summed E-state index contributed by atoms with van der Waals surface area (Å²) in [5.74, 6) is -0.900. The van der Waals surface area contributed by atoms with Gasteiger partial charge in [-0.15, -0.1) is 0 Å². The molecule has 2 rings (SSSR count). The minimum Gasteiger partial charge on any atom is -0.497 e. The van der Waals surface area contributed by atoms with E-state index in [0.717, 1.165) is 16.9 Å². The third-order valence-electron chi connectivity index (χ3n) is 5.03. The minimum absolute atomic E-state index is 0.0704. The molecular weight excluding hydrogens is 360 g/mol. The van der Waals surface area contributed by atoms with Gasteiger partial charge < -0.3 is 19.1 Å². The number of rotatable bonds is 7. The van der Waals surface area contributed by atoms with Crippen LogP contribution in [-0.4, -0.2) is 57.0 Å². The van der Waals surface area contributed by atoms with Gasteiger partial charge >= 0.3 is 11.9 Å². The SMILES string of the molecule is CCN(CC)C1=C(c2ccc(OC)cc2)C(C)C(C(=O)OC)C(C(=O)OC)=N1. The van der Waals surface area contributed by atoms with E-state index in [1.54, 1.807) is 7.11 Å². The first kappa shape index (κ1) is 21.5. The highest BCUT2D eigenvalue weighted by Gasteiger charge is 2.42. The summed E-state index contributed by atoms with van der Waals surface area (Å²) in [5.41, 5.74) is 1.87. The predicted octanol–water partition coefficient (Wildman–Crippen LogP) is 2.76. The molecule has 0 bridgehead atoms. The second kappa shape index (κ2) is 9.39. The van der Waals surface area contributed by atoms with Gasteiger partial charge in [0.05, 0.1) is 21.3 Å². The molecule has 1 heterocycles. The van der Waals surface area contributed by atoms with Gasteiger partial charge in [-0.3, -0.25) is 4.79 Å². The van der Waals surface area contributed by atoms with Crippen LogP contribution in [0.25, 0.3) is 5.57 Å². The molecule has 0 aliphatic carbocycles. The van der Waals surface area contributed by atoms with Gasteiger partial charge in [0.25, 0.3) is 0 Å². The molecule has 1 aromatic carbocycles. The number of benzene rings is 1. The van der Waals surface area contributed by atoms with Gasteiger partial charge in [-0.2, -0.15) is 0 Å². The van der Waals surface area contributed by atoms with Gasteiger partial charge in [0, 0.05) is 24.6 Å². The molecule has 1 aromatic rings. The van der Waals surface area contributed by atoms with E-state index in [0.29, 0.717) is 18.9 Å². The monoisotopic (exact) mass is 388 g/mol. The highest BCUT2D eigenvalue weighted by atomic mass is 16.5. The molecule has 28 heavy (non-hydrogen) atoms. The van der Waals surface area contributed by atoms with Crippen LogP contribution in [0.15, 0.2) is 35.1 Å². The topological polar surface area (TPSA) is 77.4 Å². The van der Waals surface area contributed by atoms with Crippen molar-refractivity contribution >= 4 is 23.2 Å². The number of ether oxygens (including phenoxy) is 3. The zero-order chi connectivity index (χ0) is 20.8. The molecule has 0 saturated carbocycles. The van der Waals surface area contributed by atoms with Crippen molar-refractivity contribution in [3.8, 4) is 5.75 Å². The molecule has 1 aliphatic heterocycles. The van der Waals surface area contributed by atoms with Crippen LogP contribution in [0.5, 0.6) is 5.75 Å². The first-order chi connectivity index (χ1) is 13.4. The zero-order valence-corrected chi connectivity index (χ0v) is 17.3. The Labute approximate surface area is 166 Å². The van der Waals surface area contributed by atoms with Crippen LogP contribution in [0.2, 0.25) is 0 Å². The van der Waals surface area contributed by atoms with Crippen LogP contribution in [0.4, 0.5) is 0 Å². The quantitative estimate of drug-likeness (QED) is 0.669. The molecule has 0 amide bonds. The fraction of sp³-hybridized carbons (Fsp3) is 0.476. The summed E-state index contributed by atoms with van der Waals surface area (Å²) >= 11 is 0. The van der Waals surface area contributed by atoms with E-state index in [9.17, 15) is 9.59 Å². The standard InChI is InChI=1S/C21H28N2O5/c1-7-23(8-2)19-16(14-9-11-15(26-4)12-10-14)13(3)17(20(24)27-5)18(22-19)21(25)28-6/h9-13,17H,7-8H2,1-6H3. The van der Waals surface area contributed by atoms with Gasteiger partial charge in [0.1, 0.15) is 23.2 Å². The molecule has 0 N–H and O–H groups in total. The lowest BCUT2D eigenvalue weighted by atomic mass is 9.78. The Hall–Kier alpha value is -2.83. The molecule has 7 heteroatoms. The van der Waals surface area contributed by atoms with Crippen molar-refractivity contribution in [2.45, 2.75) is 20.8 Å². The predicted molar refractivity (Wildman–Crippen MR) is 107 cm³/mol. The number of esters is 2. The Balaban J connectivity index is 2.74. The van der Waals surface area contributed by atoms with E-state index in [-0.39, 0.29) is 11.6 Å². The van der Waals surface area contributed by atoms with Crippen molar-refractivity contribution in [1.29, 1.82) is 0 Å². The molecule has 0 fully saturated rings. The zero-order valence-electron chi connectivity index (χ0n) is 17.3. The second-order valence-corrected chi connectivity index (χ2v) is 6.42. The molecule has 152 valence electrons. The van der Waals surface area contributed by atoms with Crippen molar-refractivity contribution in [3.63, 3.8) is 0 Å². The number of allylic oxidation sites excluding steroid dienone is 1. The van der Waals surface area contributed by atoms with Crippen LogP contribution in [-0.2, 0) is 19.1 Å². The number of nitrogens with zero attached hydrogens (tertiary/aromatic N) is 2. The maximum Gasteiger partial charge on any atom is 0.353 e. The average Bonchev–Trinajstić information content (AvgIpc) is 2.73. The van der Waals surface area contributed by atoms with E-state index >= 15 is 0 Å². The van der Waals surface area contributed by atoms with Crippen LogP contribution in [0.1, 0.15) is 26.3 Å². The van der Waals surface area contributed by atoms with Crippen molar-refractivity contribution in [2.24, 2.45) is 16.8 Å². The number of methoxy groups -OCH3 is 3. The van der Waals surface area contributed by atoms with Crippen molar-refractivity contribution < 1.29 is 23.8 Å². The first-order valence-electron chi connectivity index (χ1n) is 9.31. The van der Waals surface area contributed by atoms with Crippen LogP contribution in [0.3, 0.4) is 0 Å². The van der Waals surface area contributed by atoms with E-state index in [1.165, 1.54) is 14.2 Å². The lowest BCUT2D eigenvalue weighted by Crippen LogP contribution is -2.41. The first-order valence-corrected chi connectivity index (χ1v) is 9.31. The number of hydrogen-bond donors (Lipinski definition) is 0. The molecule has 0 radical (unpaired) electrons. The fourth-order valence-corrected chi connectivity index (χ4v) is 3.50. The number of carbonyl (C=O) groups excluding carboxylic acids is 2. The molecule has 0 aromatic heterocycles. The molecular formula is C21H28N2O5. The van der Waals surface area contributed by atoms with E-state index in [4.69, 9.17) is 14.2 Å². The normalized spacial score (nSPS) is 19.0. The highest BCUT2D eigenvalue weighted by molar-refractivity contribution is 6.41.